The summed E-state index contributed by atoms with van der Waals surface area (Å²) in [6.07, 6.45) is 8.68. The van der Waals surface area contributed by atoms with E-state index < -0.39 is 0 Å². The van der Waals surface area contributed by atoms with Crippen LogP contribution in [-0.4, -0.2) is 37.0 Å². The van der Waals surface area contributed by atoms with E-state index in [-0.39, 0.29) is 6.29 Å². The van der Waals surface area contributed by atoms with E-state index in [1.54, 1.807) is 11.1 Å². The van der Waals surface area contributed by atoms with Crippen LogP contribution in [-0.2, 0) is 15.9 Å². The van der Waals surface area contributed by atoms with E-state index in [0.717, 1.165) is 38.6 Å². The molecule has 1 unspecified atom stereocenters. The van der Waals surface area contributed by atoms with Crippen molar-refractivity contribution in [3.8, 4) is 0 Å². The maximum Gasteiger partial charge on any atom is 0.158 e. The van der Waals surface area contributed by atoms with Crippen molar-refractivity contribution in [3.63, 3.8) is 0 Å². The third-order valence-electron chi connectivity index (χ3n) is 5.27. The third kappa shape index (κ3) is 3.22. The fourth-order valence-electron chi connectivity index (χ4n) is 4.03. The molecule has 2 aliphatic carbocycles. The first kappa shape index (κ1) is 14.7. The number of aryl methyl sites for hydroxylation is 1. The Labute approximate surface area is 133 Å². The molecule has 3 aliphatic rings. The van der Waals surface area contributed by atoms with Crippen molar-refractivity contribution >= 4 is 0 Å². The number of hydrogen-bond donors (Lipinski definition) is 0. The van der Waals surface area contributed by atoms with E-state index in [0.29, 0.717) is 6.04 Å². The molecule has 1 saturated heterocycles. The van der Waals surface area contributed by atoms with Gasteiger partial charge in [-0.05, 0) is 49.7 Å². The van der Waals surface area contributed by atoms with Crippen LogP contribution in [0.3, 0.4) is 0 Å². The van der Waals surface area contributed by atoms with Gasteiger partial charge in [0.2, 0.25) is 0 Å². The van der Waals surface area contributed by atoms with Gasteiger partial charge in [0.1, 0.15) is 0 Å². The molecule has 1 saturated carbocycles. The lowest BCUT2D eigenvalue weighted by atomic mass is 9.86. The zero-order valence-corrected chi connectivity index (χ0v) is 13.4. The van der Waals surface area contributed by atoms with Gasteiger partial charge in [0, 0.05) is 25.0 Å². The van der Waals surface area contributed by atoms with E-state index in [4.69, 9.17) is 9.47 Å². The van der Waals surface area contributed by atoms with Crippen LogP contribution in [0.4, 0.5) is 0 Å². The lowest BCUT2D eigenvalue weighted by Gasteiger charge is -2.37. The van der Waals surface area contributed by atoms with Gasteiger partial charge in [0.15, 0.2) is 6.29 Å². The largest absolute Gasteiger partial charge is 0.353 e. The summed E-state index contributed by atoms with van der Waals surface area (Å²) in [7, 11) is 0. The highest BCUT2D eigenvalue weighted by atomic mass is 16.7. The Bertz CT molecular complexity index is 494. The number of hydrogen-bond acceptors (Lipinski definition) is 3. The molecule has 2 fully saturated rings. The Morgan fingerprint density at radius 3 is 2.64 bits per heavy atom. The van der Waals surface area contributed by atoms with Crippen molar-refractivity contribution in [1.82, 2.24) is 4.90 Å². The minimum absolute atomic E-state index is 0.0221. The molecule has 120 valence electrons. The molecule has 0 radical (unpaired) electrons. The molecule has 1 atom stereocenters. The van der Waals surface area contributed by atoms with E-state index in [9.17, 15) is 0 Å². The second-order valence-corrected chi connectivity index (χ2v) is 6.89. The Morgan fingerprint density at radius 1 is 1.00 bits per heavy atom. The topological polar surface area (TPSA) is 21.7 Å². The van der Waals surface area contributed by atoms with Crippen LogP contribution in [0, 0.1) is 0 Å². The van der Waals surface area contributed by atoms with Crippen molar-refractivity contribution in [2.24, 2.45) is 0 Å². The van der Waals surface area contributed by atoms with Crippen LogP contribution in [0.5, 0.6) is 0 Å². The normalized spacial score (nSPS) is 26.1. The lowest BCUT2D eigenvalue weighted by Crippen LogP contribution is -2.37. The van der Waals surface area contributed by atoms with Gasteiger partial charge >= 0.3 is 0 Å². The van der Waals surface area contributed by atoms with Crippen LogP contribution < -0.4 is 0 Å². The van der Waals surface area contributed by atoms with Crippen molar-refractivity contribution < 1.29 is 9.47 Å². The summed E-state index contributed by atoms with van der Waals surface area (Å²) >= 11 is 0. The summed E-state index contributed by atoms with van der Waals surface area (Å²) < 4.78 is 11.5. The number of rotatable bonds is 5. The molecule has 1 aromatic rings. The van der Waals surface area contributed by atoms with Gasteiger partial charge in [-0.3, -0.25) is 4.90 Å². The molecule has 4 rings (SSSR count). The monoisotopic (exact) mass is 301 g/mol. The summed E-state index contributed by atoms with van der Waals surface area (Å²) in [5, 5.41) is 0. The van der Waals surface area contributed by atoms with Gasteiger partial charge in [-0.1, -0.05) is 24.3 Å². The highest BCUT2D eigenvalue weighted by Crippen LogP contribution is 2.40. The zero-order valence-electron chi connectivity index (χ0n) is 13.4. The first-order chi connectivity index (χ1) is 10.9. The van der Waals surface area contributed by atoms with Crippen LogP contribution in [0.15, 0.2) is 24.3 Å². The second-order valence-electron chi connectivity index (χ2n) is 6.89. The summed E-state index contributed by atoms with van der Waals surface area (Å²) in [6.45, 7) is 2.83. The Kier molecular flexibility index (Phi) is 4.47. The second kappa shape index (κ2) is 6.69. The number of nitrogens with zero attached hydrogens (tertiary/aromatic N) is 1. The zero-order chi connectivity index (χ0) is 14.8. The van der Waals surface area contributed by atoms with Gasteiger partial charge in [0.05, 0.1) is 13.2 Å². The Balaban J connectivity index is 1.46. The quantitative estimate of drug-likeness (QED) is 0.828. The molecule has 0 aromatic heterocycles. The molecule has 3 nitrogen and oxygen atoms in total. The van der Waals surface area contributed by atoms with E-state index >= 15 is 0 Å². The van der Waals surface area contributed by atoms with Crippen LogP contribution in [0.25, 0.3) is 0 Å². The fraction of sp³-hybridized carbons (Fsp3) is 0.684. The third-order valence-corrected chi connectivity index (χ3v) is 5.27. The van der Waals surface area contributed by atoms with Crippen LogP contribution >= 0.6 is 0 Å². The maximum atomic E-state index is 5.74. The highest BCUT2D eigenvalue weighted by Gasteiger charge is 2.36. The molecule has 22 heavy (non-hydrogen) atoms. The Hall–Kier alpha value is -0.900. The van der Waals surface area contributed by atoms with Gasteiger partial charge in [-0.15, -0.1) is 0 Å². The minimum Gasteiger partial charge on any atom is -0.353 e. The molecule has 0 N–H and O–H groups in total. The van der Waals surface area contributed by atoms with Crippen LogP contribution in [0.2, 0.25) is 0 Å². The predicted octanol–water partition coefficient (Wildman–Crippen LogP) is 3.68. The number of fused-ring (bicyclic) bond motifs is 1. The van der Waals surface area contributed by atoms with E-state index in [1.807, 2.05) is 0 Å². The smallest absolute Gasteiger partial charge is 0.158 e. The number of benzene rings is 1. The average Bonchev–Trinajstić information content (AvgIpc) is 3.41. The number of ether oxygens (including phenoxy) is 2. The molecular weight excluding hydrogens is 274 g/mol. The van der Waals surface area contributed by atoms with Gasteiger partial charge < -0.3 is 9.47 Å². The maximum absolute atomic E-state index is 5.74. The minimum atomic E-state index is 0.0221. The standard InChI is InChI=1S/C19H27NO2/c1-2-7-17-15(5-1)6-3-8-18(17)20(16-9-10-16)12-11-19-21-13-4-14-22-19/h1-2,5,7,16,18-19H,3-4,6,8-14H2. The van der Waals surface area contributed by atoms with Crippen molar-refractivity contribution in [2.45, 2.75) is 63.3 Å². The van der Waals surface area contributed by atoms with E-state index in [2.05, 4.69) is 29.2 Å². The molecule has 1 aromatic carbocycles. The Morgan fingerprint density at radius 2 is 1.82 bits per heavy atom. The molecule has 1 heterocycles. The molecule has 0 amide bonds. The molecule has 3 heteroatoms. The van der Waals surface area contributed by atoms with Gasteiger partial charge in [-0.25, -0.2) is 0 Å². The first-order valence-electron chi connectivity index (χ1n) is 8.98. The molecule has 1 aliphatic heterocycles. The highest BCUT2D eigenvalue weighted by molar-refractivity contribution is 5.32. The molecular formula is C19H27NO2. The summed E-state index contributed by atoms with van der Waals surface area (Å²) in [5.74, 6) is 0. The van der Waals surface area contributed by atoms with Crippen molar-refractivity contribution in [3.05, 3.63) is 35.4 Å². The van der Waals surface area contributed by atoms with Gasteiger partial charge in [-0.2, -0.15) is 0 Å². The molecule has 0 spiro atoms. The van der Waals surface area contributed by atoms with Gasteiger partial charge in [0.25, 0.3) is 0 Å². The summed E-state index contributed by atoms with van der Waals surface area (Å²) in [4.78, 5) is 2.75. The summed E-state index contributed by atoms with van der Waals surface area (Å²) in [6, 6.07) is 10.5. The van der Waals surface area contributed by atoms with E-state index in [1.165, 1.54) is 32.1 Å². The molecule has 0 bridgehead atoms. The van der Waals surface area contributed by atoms with Crippen molar-refractivity contribution in [2.75, 3.05) is 19.8 Å². The average molecular weight is 301 g/mol. The fourth-order valence-corrected chi connectivity index (χ4v) is 4.03. The predicted molar refractivity (Wildman–Crippen MR) is 86.8 cm³/mol. The SMILES string of the molecule is c1ccc2c(c1)CCCC2N(CCC1OCCCO1)C1CC1. The lowest BCUT2D eigenvalue weighted by molar-refractivity contribution is -0.183. The first-order valence-corrected chi connectivity index (χ1v) is 8.98. The van der Waals surface area contributed by atoms with Crippen molar-refractivity contribution in [1.29, 1.82) is 0 Å². The summed E-state index contributed by atoms with van der Waals surface area (Å²) in [5.41, 5.74) is 3.14. The van der Waals surface area contributed by atoms with Crippen LogP contribution in [0.1, 0.15) is 55.7 Å².